The van der Waals surface area contributed by atoms with Crippen LogP contribution in [-0.4, -0.2) is 52.8 Å². The van der Waals surface area contributed by atoms with Crippen LogP contribution in [0.3, 0.4) is 0 Å². The number of likely N-dealkylation sites (tertiary alicyclic amines) is 1. The van der Waals surface area contributed by atoms with E-state index in [1.165, 1.54) is 19.3 Å². The van der Waals surface area contributed by atoms with Gasteiger partial charge in [0, 0.05) is 37.9 Å². The zero-order valence-electron chi connectivity index (χ0n) is 25.1. The second-order valence-corrected chi connectivity index (χ2v) is 11.7. The molecule has 2 saturated heterocycles. The summed E-state index contributed by atoms with van der Waals surface area (Å²) in [6, 6.07) is 24.2. The van der Waals surface area contributed by atoms with Gasteiger partial charge in [0.05, 0.1) is 18.8 Å². The Labute approximate surface area is 259 Å². The first-order chi connectivity index (χ1) is 21.5. The molecule has 3 atom stereocenters. The van der Waals surface area contributed by atoms with Crippen molar-refractivity contribution in [3.63, 3.8) is 0 Å². The van der Waals surface area contributed by atoms with Crippen LogP contribution in [0.2, 0.25) is 0 Å². The summed E-state index contributed by atoms with van der Waals surface area (Å²) in [5.41, 5.74) is 7.53. The Bertz CT molecular complexity index is 1360. The van der Waals surface area contributed by atoms with E-state index in [0.29, 0.717) is 13.0 Å². The van der Waals surface area contributed by atoms with Crippen LogP contribution in [0.25, 0.3) is 11.1 Å². The number of hydrogen-bond acceptors (Lipinski definition) is 7. The molecule has 2 fully saturated rings. The van der Waals surface area contributed by atoms with Crippen LogP contribution in [0.4, 0.5) is 0 Å². The zero-order chi connectivity index (χ0) is 30.7. The van der Waals surface area contributed by atoms with E-state index in [9.17, 15) is 14.7 Å². The minimum atomic E-state index is -0.502. The first-order valence-corrected chi connectivity index (χ1v) is 15.6. The molecule has 234 valence electrons. The van der Waals surface area contributed by atoms with Crippen LogP contribution < -0.4 is 10.8 Å². The number of benzene rings is 3. The summed E-state index contributed by atoms with van der Waals surface area (Å²) < 4.78 is 13.1. The van der Waals surface area contributed by atoms with Crippen LogP contribution >= 0.6 is 0 Å². The van der Waals surface area contributed by atoms with Crippen molar-refractivity contribution in [2.24, 2.45) is 0 Å². The second kappa shape index (κ2) is 15.9. The average Bonchev–Trinajstić information content (AvgIpc) is 3.08. The van der Waals surface area contributed by atoms with Gasteiger partial charge >= 0.3 is 0 Å². The summed E-state index contributed by atoms with van der Waals surface area (Å²) in [4.78, 5) is 26.0. The van der Waals surface area contributed by atoms with Crippen LogP contribution in [0.1, 0.15) is 79.6 Å². The van der Waals surface area contributed by atoms with Crippen molar-refractivity contribution in [2.45, 2.75) is 76.6 Å². The normalized spacial score (nSPS) is 20.6. The molecule has 2 amide bonds. The van der Waals surface area contributed by atoms with Gasteiger partial charge in [-0.2, -0.15) is 0 Å². The lowest BCUT2D eigenvalue weighted by Crippen LogP contribution is -2.41. The molecule has 9 heteroatoms. The zero-order valence-corrected chi connectivity index (χ0v) is 25.1. The molecule has 2 aliphatic heterocycles. The average molecular weight is 602 g/mol. The van der Waals surface area contributed by atoms with Gasteiger partial charge in [0.15, 0.2) is 6.29 Å². The number of aliphatic hydroxyl groups is 1. The fourth-order valence-corrected chi connectivity index (χ4v) is 5.99. The first-order valence-electron chi connectivity index (χ1n) is 15.6. The SMILES string of the molecule is O=C(CCCC(=O)NCc1ccccc1-c1ccc([C@@H]2O[C@H](CN3CCCCC3)C[C@H](c3ccc(CO)cc3)O2)cc1)NO. The number of carbonyl (C=O) groups is 2. The molecule has 3 aromatic rings. The highest BCUT2D eigenvalue weighted by atomic mass is 16.7. The number of rotatable bonds is 12. The van der Waals surface area contributed by atoms with E-state index in [4.69, 9.17) is 14.7 Å². The Morgan fingerprint density at radius 2 is 1.55 bits per heavy atom. The molecule has 3 aromatic carbocycles. The first kappa shape index (κ1) is 31.8. The van der Waals surface area contributed by atoms with E-state index in [1.807, 2.05) is 48.5 Å². The van der Waals surface area contributed by atoms with Crippen LogP contribution in [-0.2, 0) is 32.2 Å². The van der Waals surface area contributed by atoms with Crippen LogP contribution in [0.15, 0.2) is 72.8 Å². The maximum absolute atomic E-state index is 12.3. The van der Waals surface area contributed by atoms with Gasteiger partial charge in [-0.1, -0.05) is 79.2 Å². The molecule has 2 aliphatic rings. The number of nitrogens with zero attached hydrogens (tertiary/aromatic N) is 1. The molecule has 0 unspecified atom stereocenters. The number of hydroxylamine groups is 1. The largest absolute Gasteiger partial charge is 0.392 e. The minimum Gasteiger partial charge on any atom is -0.392 e. The number of piperidine rings is 1. The van der Waals surface area contributed by atoms with E-state index in [2.05, 4.69) is 34.5 Å². The molecule has 0 spiro atoms. The summed E-state index contributed by atoms with van der Waals surface area (Å²) >= 11 is 0. The van der Waals surface area contributed by atoms with Crippen LogP contribution in [0, 0.1) is 0 Å². The number of hydrogen-bond donors (Lipinski definition) is 4. The Kier molecular flexibility index (Phi) is 11.5. The summed E-state index contributed by atoms with van der Waals surface area (Å²) in [5, 5.41) is 21.0. The monoisotopic (exact) mass is 601 g/mol. The van der Waals surface area contributed by atoms with Crippen LogP contribution in [0.5, 0.6) is 0 Å². The predicted molar refractivity (Wildman–Crippen MR) is 166 cm³/mol. The molecule has 5 rings (SSSR count). The van der Waals surface area contributed by atoms with E-state index in [0.717, 1.165) is 59.4 Å². The molecular formula is C35H43N3O6. The minimum absolute atomic E-state index is 0.0163. The highest BCUT2D eigenvalue weighted by Crippen LogP contribution is 2.39. The quantitative estimate of drug-likeness (QED) is 0.167. The molecule has 4 N–H and O–H groups in total. The molecule has 0 saturated carbocycles. The smallest absolute Gasteiger partial charge is 0.243 e. The predicted octanol–water partition coefficient (Wildman–Crippen LogP) is 5.17. The van der Waals surface area contributed by atoms with Crippen molar-refractivity contribution < 1.29 is 29.4 Å². The molecule has 0 bridgehead atoms. The van der Waals surface area contributed by atoms with Gasteiger partial charge in [0.25, 0.3) is 0 Å². The highest BCUT2D eigenvalue weighted by molar-refractivity contribution is 5.78. The van der Waals surface area contributed by atoms with Gasteiger partial charge in [0.1, 0.15) is 0 Å². The lowest BCUT2D eigenvalue weighted by Gasteiger charge is -2.39. The Morgan fingerprint density at radius 1 is 0.841 bits per heavy atom. The Hall–Kier alpha value is -3.60. The molecular weight excluding hydrogens is 558 g/mol. The third-order valence-corrected chi connectivity index (χ3v) is 8.45. The Morgan fingerprint density at radius 3 is 2.27 bits per heavy atom. The van der Waals surface area contributed by atoms with E-state index in [1.54, 1.807) is 5.48 Å². The molecule has 44 heavy (non-hydrogen) atoms. The fraction of sp³-hybridized carbons (Fsp3) is 0.429. The molecule has 0 radical (unpaired) electrons. The topological polar surface area (TPSA) is 120 Å². The van der Waals surface area contributed by atoms with Crippen molar-refractivity contribution in [3.8, 4) is 11.1 Å². The van der Waals surface area contributed by atoms with Crippen molar-refractivity contribution in [2.75, 3.05) is 19.6 Å². The third-order valence-electron chi connectivity index (χ3n) is 8.45. The number of ether oxygens (including phenoxy) is 2. The lowest BCUT2D eigenvalue weighted by molar-refractivity contribution is -0.253. The van der Waals surface area contributed by atoms with Gasteiger partial charge in [-0.3, -0.25) is 14.8 Å². The van der Waals surface area contributed by atoms with Crippen molar-refractivity contribution in [1.82, 2.24) is 15.7 Å². The lowest BCUT2D eigenvalue weighted by atomic mass is 9.97. The molecule has 0 aliphatic carbocycles. The number of carbonyl (C=O) groups excluding carboxylic acids is 2. The standard InChI is InChI=1S/C35H43N3O6/c39-24-25-11-13-27(14-12-25)32-21-30(23-38-19-4-1-5-20-38)43-35(44-32)28-17-15-26(16-18-28)31-8-3-2-7-29(31)22-36-33(40)9-6-10-34(41)37-42/h2-3,7-8,11-18,30,32,35,39,42H,1,4-6,9-10,19-24H2,(H,36,40)(H,37,41)/t30-,32+,35+/m0/s1. The maximum Gasteiger partial charge on any atom is 0.243 e. The molecule has 9 nitrogen and oxygen atoms in total. The van der Waals surface area contributed by atoms with Gasteiger partial charge in [-0.15, -0.1) is 0 Å². The third kappa shape index (κ3) is 8.74. The highest BCUT2D eigenvalue weighted by Gasteiger charge is 2.33. The molecule has 2 heterocycles. The summed E-state index contributed by atoms with van der Waals surface area (Å²) in [6.45, 7) is 3.49. The summed E-state index contributed by atoms with van der Waals surface area (Å²) in [5.74, 6) is -0.646. The van der Waals surface area contributed by atoms with Crippen molar-refractivity contribution >= 4 is 11.8 Å². The number of amides is 2. The van der Waals surface area contributed by atoms with Crippen molar-refractivity contribution in [3.05, 3.63) is 95.1 Å². The van der Waals surface area contributed by atoms with Gasteiger partial charge in [-0.05, 0) is 60.2 Å². The number of aliphatic hydroxyl groups excluding tert-OH is 1. The van der Waals surface area contributed by atoms with Gasteiger partial charge in [-0.25, -0.2) is 5.48 Å². The van der Waals surface area contributed by atoms with Gasteiger partial charge in [0.2, 0.25) is 11.8 Å². The van der Waals surface area contributed by atoms with E-state index >= 15 is 0 Å². The maximum atomic E-state index is 12.3. The molecule has 0 aromatic heterocycles. The second-order valence-electron chi connectivity index (χ2n) is 11.7. The summed E-state index contributed by atoms with van der Waals surface area (Å²) in [7, 11) is 0. The van der Waals surface area contributed by atoms with E-state index < -0.39 is 12.2 Å². The Balaban J connectivity index is 1.27. The fourth-order valence-electron chi connectivity index (χ4n) is 5.99. The van der Waals surface area contributed by atoms with E-state index in [-0.39, 0.29) is 37.6 Å². The number of nitrogens with one attached hydrogen (secondary N) is 2. The summed E-state index contributed by atoms with van der Waals surface area (Å²) in [6.07, 6.45) is 4.61. The van der Waals surface area contributed by atoms with Gasteiger partial charge < -0.3 is 24.8 Å². The van der Waals surface area contributed by atoms with Crippen molar-refractivity contribution in [1.29, 1.82) is 0 Å².